The Balaban J connectivity index is 1.68. The van der Waals surface area contributed by atoms with Crippen LogP contribution in [0.2, 0.25) is 0 Å². The second-order valence-corrected chi connectivity index (χ2v) is 9.46. The number of aryl methyl sites for hydroxylation is 1. The summed E-state index contributed by atoms with van der Waals surface area (Å²) in [5, 5.41) is 11.6. The summed E-state index contributed by atoms with van der Waals surface area (Å²) in [4.78, 5) is 12.6. The first-order valence-electron chi connectivity index (χ1n) is 10.4. The van der Waals surface area contributed by atoms with E-state index in [0.29, 0.717) is 42.9 Å². The summed E-state index contributed by atoms with van der Waals surface area (Å²) in [7, 11) is -2.02. The molecule has 8 heteroatoms. The number of carbonyl (C=O) groups excluding carboxylic acids is 1. The van der Waals surface area contributed by atoms with Gasteiger partial charge in [0.15, 0.2) is 0 Å². The fourth-order valence-corrected chi connectivity index (χ4v) is 5.20. The largest absolute Gasteiger partial charge is 0.496 e. The zero-order chi connectivity index (χ0) is 22.3. The lowest BCUT2D eigenvalue weighted by Gasteiger charge is -2.26. The summed E-state index contributed by atoms with van der Waals surface area (Å²) in [5.41, 5.74) is 2.22. The SMILES string of the molecule is COc1ccc(S(=O)(=O)N2CCCCC2)cc1CCC(=O)Nc1ccc(CC#N)cc1. The van der Waals surface area contributed by atoms with Gasteiger partial charge in [-0.1, -0.05) is 18.6 Å². The van der Waals surface area contributed by atoms with Crippen LogP contribution in [0.4, 0.5) is 5.69 Å². The number of nitrogens with zero attached hydrogens (tertiary/aromatic N) is 2. The molecule has 2 aromatic carbocycles. The van der Waals surface area contributed by atoms with Crippen LogP contribution in [0.3, 0.4) is 0 Å². The zero-order valence-electron chi connectivity index (χ0n) is 17.6. The lowest BCUT2D eigenvalue weighted by Crippen LogP contribution is -2.35. The molecule has 2 aromatic rings. The fourth-order valence-electron chi connectivity index (χ4n) is 3.63. The summed E-state index contributed by atoms with van der Waals surface area (Å²) >= 11 is 0. The minimum Gasteiger partial charge on any atom is -0.496 e. The molecule has 1 N–H and O–H groups in total. The Morgan fingerprint density at radius 2 is 1.84 bits per heavy atom. The van der Waals surface area contributed by atoms with E-state index in [1.807, 2.05) is 0 Å². The molecule has 1 saturated heterocycles. The first kappa shape index (κ1) is 22.8. The van der Waals surface area contributed by atoms with Crippen LogP contribution in [0.15, 0.2) is 47.4 Å². The molecule has 0 aliphatic carbocycles. The molecule has 0 spiro atoms. The molecular weight excluding hydrogens is 414 g/mol. The van der Waals surface area contributed by atoms with Crippen LogP contribution in [0, 0.1) is 11.3 Å². The average Bonchev–Trinajstić information content (AvgIpc) is 2.79. The molecule has 0 atom stereocenters. The normalized spacial score (nSPS) is 14.6. The van der Waals surface area contributed by atoms with Gasteiger partial charge in [-0.15, -0.1) is 0 Å². The molecular formula is C23H27N3O4S. The van der Waals surface area contributed by atoms with E-state index in [4.69, 9.17) is 10.00 Å². The summed E-state index contributed by atoms with van der Waals surface area (Å²) in [6.07, 6.45) is 3.66. The van der Waals surface area contributed by atoms with Crippen LogP contribution >= 0.6 is 0 Å². The number of piperidine rings is 1. The minimum absolute atomic E-state index is 0.181. The van der Waals surface area contributed by atoms with Gasteiger partial charge in [-0.3, -0.25) is 4.79 Å². The summed E-state index contributed by atoms with van der Waals surface area (Å²) < 4.78 is 32.9. The fraction of sp³-hybridized carbons (Fsp3) is 0.391. The van der Waals surface area contributed by atoms with Crippen LogP contribution in [0.1, 0.15) is 36.8 Å². The first-order chi connectivity index (χ1) is 14.9. The maximum atomic E-state index is 13.0. The molecule has 0 radical (unpaired) electrons. The van der Waals surface area contributed by atoms with Gasteiger partial charge in [0.1, 0.15) is 5.75 Å². The topological polar surface area (TPSA) is 99.5 Å². The lowest BCUT2D eigenvalue weighted by atomic mass is 10.1. The van der Waals surface area contributed by atoms with Gasteiger partial charge < -0.3 is 10.1 Å². The van der Waals surface area contributed by atoms with E-state index in [-0.39, 0.29) is 17.2 Å². The van der Waals surface area contributed by atoms with Crippen molar-refractivity contribution in [1.82, 2.24) is 4.31 Å². The van der Waals surface area contributed by atoms with E-state index < -0.39 is 10.0 Å². The maximum absolute atomic E-state index is 13.0. The van der Waals surface area contributed by atoms with Crippen molar-refractivity contribution < 1.29 is 17.9 Å². The molecule has 164 valence electrons. The van der Waals surface area contributed by atoms with E-state index in [0.717, 1.165) is 24.8 Å². The molecule has 1 heterocycles. The second-order valence-electron chi connectivity index (χ2n) is 7.52. The van der Waals surface area contributed by atoms with Gasteiger partial charge >= 0.3 is 0 Å². The van der Waals surface area contributed by atoms with E-state index in [1.54, 1.807) is 42.5 Å². The van der Waals surface area contributed by atoms with Crippen molar-refractivity contribution in [3.05, 3.63) is 53.6 Å². The third kappa shape index (κ3) is 5.84. The van der Waals surface area contributed by atoms with Crippen molar-refractivity contribution in [1.29, 1.82) is 5.26 Å². The van der Waals surface area contributed by atoms with Crippen LogP contribution < -0.4 is 10.1 Å². The number of amides is 1. The van der Waals surface area contributed by atoms with Crippen LogP contribution in [0.5, 0.6) is 5.75 Å². The van der Waals surface area contributed by atoms with E-state index in [9.17, 15) is 13.2 Å². The average molecular weight is 442 g/mol. The van der Waals surface area contributed by atoms with Crippen molar-refractivity contribution in [2.75, 3.05) is 25.5 Å². The Kier molecular flexibility index (Phi) is 7.66. The number of nitrogens with one attached hydrogen (secondary N) is 1. The van der Waals surface area contributed by atoms with E-state index in [2.05, 4.69) is 11.4 Å². The van der Waals surface area contributed by atoms with Crippen LogP contribution in [0.25, 0.3) is 0 Å². The highest BCUT2D eigenvalue weighted by Gasteiger charge is 2.26. The third-order valence-electron chi connectivity index (χ3n) is 5.35. The van der Waals surface area contributed by atoms with Gasteiger partial charge in [-0.2, -0.15) is 9.57 Å². The van der Waals surface area contributed by atoms with Crippen LogP contribution in [-0.2, 0) is 27.7 Å². The quantitative estimate of drug-likeness (QED) is 0.676. The number of nitriles is 1. The number of hydrogen-bond donors (Lipinski definition) is 1. The van der Waals surface area contributed by atoms with Gasteiger partial charge in [-0.05, 0) is 60.7 Å². The second kappa shape index (κ2) is 10.4. The monoisotopic (exact) mass is 441 g/mol. The van der Waals surface area contributed by atoms with Gasteiger partial charge in [-0.25, -0.2) is 8.42 Å². The van der Waals surface area contributed by atoms with Crippen molar-refractivity contribution in [2.24, 2.45) is 0 Å². The lowest BCUT2D eigenvalue weighted by molar-refractivity contribution is -0.116. The molecule has 0 bridgehead atoms. The number of ether oxygens (including phenoxy) is 1. The number of benzene rings is 2. The van der Waals surface area contributed by atoms with E-state index >= 15 is 0 Å². The molecule has 1 aliphatic heterocycles. The molecule has 1 amide bonds. The highest BCUT2D eigenvalue weighted by Crippen LogP contribution is 2.27. The molecule has 0 aromatic heterocycles. The Bertz CT molecular complexity index is 1050. The molecule has 0 saturated carbocycles. The number of hydrogen-bond acceptors (Lipinski definition) is 5. The number of rotatable bonds is 8. The highest BCUT2D eigenvalue weighted by molar-refractivity contribution is 7.89. The number of carbonyl (C=O) groups is 1. The minimum atomic E-state index is -3.55. The molecule has 31 heavy (non-hydrogen) atoms. The Hall–Kier alpha value is -2.89. The first-order valence-corrected chi connectivity index (χ1v) is 11.8. The number of anilines is 1. The Morgan fingerprint density at radius 3 is 2.48 bits per heavy atom. The van der Waals surface area contributed by atoms with Gasteiger partial charge in [0.05, 0.1) is 24.5 Å². The summed E-state index contributed by atoms with van der Waals surface area (Å²) in [6, 6.07) is 14.0. The third-order valence-corrected chi connectivity index (χ3v) is 7.24. The molecule has 7 nitrogen and oxygen atoms in total. The number of sulfonamides is 1. The van der Waals surface area contributed by atoms with Gasteiger partial charge in [0.2, 0.25) is 15.9 Å². The maximum Gasteiger partial charge on any atom is 0.243 e. The Morgan fingerprint density at radius 1 is 1.13 bits per heavy atom. The molecule has 0 unspecified atom stereocenters. The van der Waals surface area contributed by atoms with Crippen molar-refractivity contribution in [3.63, 3.8) is 0 Å². The van der Waals surface area contributed by atoms with Gasteiger partial charge in [0.25, 0.3) is 0 Å². The van der Waals surface area contributed by atoms with Crippen molar-refractivity contribution in [2.45, 2.75) is 43.4 Å². The molecule has 3 rings (SSSR count). The molecule has 1 aliphatic rings. The highest BCUT2D eigenvalue weighted by atomic mass is 32.2. The van der Waals surface area contributed by atoms with Gasteiger partial charge in [0, 0.05) is 25.2 Å². The Labute approximate surface area is 183 Å². The predicted octanol–water partition coefficient (Wildman–Crippen LogP) is 3.51. The summed E-state index contributed by atoms with van der Waals surface area (Å²) in [6.45, 7) is 1.08. The summed E-state index contributed by atoms with van der Waals surface area (Å²) in [5.74, 6) is 0.380. The molecule has 1 fully saturated rings. The predicted molar refractivity (Wildman–Crippen MR) is 118 cm³/mol. The van der Waals surface area contributed by atoms with Crippen molar-refractivity contribution >= 4 is 21.6 Å². The van der Waals surface area contributed by atoms with Crippen molar-refractivity contribution in [3.8, 4) is 11.8 Å². The van der Waals surface area contributed by atoms with E-state index in [1.165, 1.54) is 11.4 Å². The zero-order valence-corrected chi connectivity index (χ0v) is 18.5. The smallest absolute Gasteiger partial charge is 0.243 e. The van der Waals surface area contributed by atoms with Crippen LogP contribution in [-0.4, -0.2) is 38.8 Å². The number of methoxy groups -OCH3 is 1. The standard InChI is InChI=1S/C23H27N3O4S/c1-30-22-11-10-21(31(28,29)26-15-3-2-4-16-26)17-19(22)7-12-23(27)25-20-8-5-18(6-9-20)13-14-24/h5-6,8-11,17H,2-4,7,12-13,15-16H2,1H3,(H,25,27).